The Morgan fingerprint density at radius 3 is 2.07 bits per heavy atom. The number of fused-ring (bicyclic) bond motifs is 1. The second-order valence-electron chi connectivity index (χ2n) is 15.8. The van der Waals surface area contributed by atoms with E-state index in [1.54, 1.807) is 58.2 Å². The second kappa shape index (κ2) is 18.7. The number of hydrogen-bond donors (Lipinski definition) is 0. The summed E-state index contributed by atoms with van der Waals surface area (Å²) in [6.45, 7) is 7.96. The average Bonchev–Trinajstić information content (AvgIpc) is 3.67. The Morgan fingerprint density at radius 1 is 0.695 bits per heavy atom. The molecule has 0 atom stereocenters. The summed E-state index contributed by atoms with van der Waals surface area (Å²) in [5.41, 5.74) is 8.70. The van der Waals surface area contributed by atoms with Gasteiger partial charge in [-0.15, -0.1) is 65.2 Å². The molecule has 8 aromatic rings. The first-order chi connectivity index (χ1) is 31.7. The van der Waals surface area contributed by atoms with Crippen molar-refractivity contribution in [2.24, 2.45) is 5.41 Å². The molecule has 2 heterocycles. The zero-order chi connectivity index (χ0) is 49.6. The topological polar surface area (TPSA) is 30.7 Å². The molecule has 3 nitrogen and oxygen atoms in total. The van der Waals surface area contributed by atoms with E-state index in [2.05, 4.69) is 17.1 Å². The van der Waals surface area contributed by atoms with Gasteiger partial charge in [0.1, 0.15) is 0 Å². The van der Waals surface area contributed by atoms with E-state index in [-0.39, 0.29) is 36.8 Å². The van der Waals surface area contributed by atoms with E-state index in [1.807, 2.05) is 128 Å². The third-order valence-electron chi connectivity index (χ3n) is 9.79. The van der Waals surface area contributed by atoms with Crippen LogP contribution in [-0.4, -0.2) is 14.5 Å². The molecule has 0 aliphatic heterocycles. The smallest absolute Gasteiger partial charge is 0.0774 e. The van der Waals surface area contributed by atoms with E-state index in [0.29, 0.717) is 44.8 Å². The molecular weight excluding hydrogens is 895 g/mol. The van der Waals surface area contributed by atoms with Gasteiger partial charge < -0.3 is 9.55 Å². The summed E-state index contributed by atoms with van der Waals surface area (Å²) in [6.07, 6.45) is 0.418. The van der Waals surface area contributed by atoms with Crippen molar-refractivity contribution >= 4 is 11.0 Å². The van der Waals surface area contributed by atoms with Crippen LogP contribution in [0.3, 0.4) is 0 Å². The molecule has 0 aliphatic rings. The molecule has 0 unspecified atom stereocenters. The number of para-hydroxylation sites is 3. The number of pyridine rings is 1. The molecule has 0 bridgehead atoms. The molecule has 0 amide bonds. The maximum Gasteiger partial charge on any atom is 0.0774 e. The SMILES string of the molecule is [2H]C([2H])([2H])c1c[c-]c(-c2nc3ccccc3n2-c2c(C([2H])(C)C)cccc2C([2H])(C)C)cc1-c1ccccc1C([2H])([2H])[2H].[2H]C([2H])(c1ccc(-c2ccnc(-c3[c-]cccc3)c2)cc1)C(C)(C)C.[Ir]. The summed E-state index contributed by atoms with van der Waals surface area (Å²) in [5.74, 6) is -1.62. The fourth-order valence-electron chi connectivity index (χ4n) is 7.07. The number of aryl methyl sites for hydroxylation is 2. The normalized spacial score (nSPS) is 14.9. The summed E-state index contributed by atoms with van der Waals surface area (Å²) < 4.78 is 85.8. The number of hydrogen-bond acceptors (Lipinski definition) is 2. The van der Waals surface area contributed by atoms with Crippen molar-refractivity contribution in [3.05, 3.63) is 186 Å². The van der Waals surface area contributed by atoms with Gasteiger partial charge in [0.05, 0.1) is 16.9 Å². The van der Waals surface area contributed by atoms with E-state index in [4.69, 9.17) is 18.7 Å². The number of benzene rings is 6. The van der Waals surface area contributed by atoms with Crippen molar-refractivity contribution < 1.29 is 33.8 Å². The van der Waals surface area contributed by atoms with Crippen LogP contribution >= 0.6 is 0 Å². The van der Waals surface area contributed by atoms with E-state index in [1.165, 1.54) is 12.1 Å². The first kappa shape index (κ1) is 31.5. The van der Waals surface area contributed by atoms with Crippen LogP contribution in [0.15, 0.2) is 146 Å². The largest absolute Gasteiger partial charge is 0.333 e. The van der Waals surface area contributed by atoms with Gasteiger partial charge in [0.15, 0.2) is 0 Å². The Labute approximate surface area is 380 Å². The predicted octanol–water partition coefficient (Wildman–Crippen LogP) is 14.8. The zero-order valence-electron chi connectivity index (χ0n) is 44.5. The standard InChI is InChI=1S/C33H33N2.C22H22N.Ir/c1-21(2)26-14-11-15-27(22(3)4)32(26)35-31-17-10-9-16-30(31)34-33(35)25-19-18-24(6)29(20-25)28-13-8-7-12-23(28)5;1-22(2,3)16-17-9-11-18(12-10-17)20-13-14-23-21(15-20)19-7-5-4-6-8-19;/h7-18,20-22H,1-6H3;4-7,9-15H,16H2,1-3H3;/q2*-1;/i5D3,6D3,21D,22D;16D2;. The molecular formula is C55H55IrN3-2. The van der Waals surface area contributed by atoms with Crippen LogP contribution in [0.2, 0.25) is 0 Å². The molecule has 8 rings (SSSR count). The van der Waals surface area contributed by atoms with Crippen LogP contribution in [-0.2, 0) is 26.5 Å². The van der Waals surface area contributed by atoms with Gasteiger partial charge in [-0.1, -0.05) is 146 Å². The van der Waals surface area contributed by atoms with Crippen LogP contribution in [0.25, 0.3) is 61.6 Å². The van der Waals surface area contributed by atoms with Crippen LogP contribution < -0.4 is 0 Å². The van der Waals surface area contributed by atoms with E-state index in [0.717, 1.165) is 27.9 Å². The van der Waals surface area contributed by atoms with Gasteiger partial charge in [-0.25, -0.2) is 0 Å². The number of rotatable bonds is 8. The Morgan fingerprint density at radius 2 is 1.39 bits per heavy atom. The van der Waals surface area contributed by atoms with Gasteiger partial charge >= 0.3 is 0 Å². The third-order valence-corrected chi connectivity index (χ3v) is 9.79. The monoisotopic (exact) mass is 960 g/mol. The molecule has 6 aromatic carbocycles. The van der Waals surface area contributed by atoms with Crippen molar-refractivity contribution in [2.75, 3.05) is 0 Å². The molecule has 1 radical (unpaired) electrons. The number of imidazole rings is 1. The van der Waals surface area contributed by atoms with Crippen molar-refractivity contribution in [3.8, 4) is 50.6 Å². The van der Waals surface area contributed by atoms with Crippen LogP contribution in [0.5, 0.6) is 0 Å². The minimum atomic E-state index is -2.53. The maximum absolute atomic E-state index is 9.01. The molecule has 0 spiro atoms. The van der Waals surface area contributed by atoms with Gasteiger partial charge in [-0.05, 0) is 93.3 Å². The summed E-state index contributed by atoms with van der Waals surface area (Å²) in [6, 6.07) is 48.5. The molecule has 4 heteroatoms. The summed E-state index contributed by atoms with van der Waals surface area (Å²) in [7, 11) is 0. The fourth-order valence-corrected chi connectivity index (χ4v) is 7.07. The van der Waals surface area contributed by atoms with Crippen molar-refractivity contribution in [1.29, 1.82) is 0 Å². The minimum Gasteiger partial charge on any atom is -0.333 e. The maximum atomic E-state index is 9.01. The summed E-state index contributed by atoms with van der Waals surface area (Å²) in [5, 5.41) is 0. The molecule has 301 valence electrons. The van der Waals surface area contributed by atoms with Gasteiger partial charge in [-0.3, -0.25) is 4.98 Å². The Bertz CT molecular complexity index is 3030. The van der Waals surface area contributed by atoms with Gasteiger partial charge in [0, 0.05) is 45.7 Å². The van der Waals surface area contributed by atoms with Crippen molar-refractivity contribution in [1.82, 2.24) is 14.5 Å². The number of aromatic nitrogens is 3. The van der Waals surface area contributed by atoms with E-state index in [9.17, 15) is 0 Å². The van der Waals surface area contributed by atoms with E-state index >= 15 is 0 Å². The second-order valence-corrected chi connectivity index (χ2v) is 15.8. The molecule has 59 heavy (non-hydrogen) atoms. The first-order valence-corrected chi connectivity index (χ1v) is 19.5. The van der Waals surface area contributed by atoms with Gasteiger partial charge in [0.25, 0.3) is 0 Å². The number of nitrogens with zero attached hydrogens (tertiary/aromatic N) is 3. The molecule has 0 fully saturated rings. The fraction of sp³-hybridized carbons (Fsp3) is 0.236. The average molecular weight is 960 g/mol. The Kier molecular flexibility index (Phi) is 9.97. The molecule has 0 saturated heterocycles. The quantitative estimate of drug-likeness (QED) is 0.142. The molecule has 0 saturated carbocycles. The Hall–Kier alpha value is -5.41. The van der Waals surface area contributed by atoms with Crippen LogP contribution in [0.1, 0.15) is 102 Å². The van der Waals surface area contributed by atoms with Gasteiger partial charge in [0.2, 0.25) is 0 Å². The summed E-state index contributed by atoms with van der Waals surface area (Å²) in [4.78, 5) is 9.39. The van der Waals surface area contributed by atoms with Crippen molar-refractivity contribution in [2.45, 2.75) is 80.3 Å². The van der Waals surface area contributed by atoms with Crippen LogP contribution in [0.4, 0.5) is 0 Å². The van der Waals surface area contributed by atoms with Crippen molar-refractivity contribution in [3.63, 3.8) is 0 Å². The Balaban J connectivity index is 0.000000256. The molecule has 2 aromatic heterocycles. The van der Waals surface area contributed by atoms with Gasteiger partial charge in [-0.2, -0.15) is 0 Å². The van der Waals surface area contributed by atoms with Crippen LogP contribution in [0, 0.1) is 31.3 Å². The molecule has 0 aliphatic carbocycles. The minimum absolute atomic E-state index is 0. The summed E-state index contributed by atoms with van der Waals surface area (Å²) >= 11 is 0. The molecule has 0 N–H and O–H groups in total. The predicted molar refractivity (Wildman–Crippen MR) is 246 cm³/mol. The first-order valence-electron chi connectivity index (χ1n) is 24.5. The van der Waals surface area contributed by atoms with E-state index < -0.39 is 37.3 Å². The third kappa shape index (κ3) is 9.90. The zero-order valence-corrected chi connectivity index (χ0v) is 36.9.